The number of amides is 1. The summed E-state index contributed by atoms with van der Waals surface area (Å²) in [5, 5.41) is 0. The van der Waals surface area contributed by atoms with E-state index in [0.29, 0.717) is 11.5 Å². The molecule has 0 heterocycles. The van der Waals surface area contributed by atoms with E-state index < -0.39 is 5.91 Å². The maximum atomic E-state index is 11.4. The lowest BCUT2D eigenvalue weighted by Gasteiger charge is -2.22. The molecule has 1 amide bonds. The molecule has 0 aromatic heterocycles. The van der Waals surface area contributed by atoms with Gasteiger partial charge in [0.1, 0.15) is 11.9 Å². The normalized spacial score (nSPS) is 12.6. The van der Waals surface area contributed by atoms with Crippen molar-refractivity contribution in [3.05, 3.63) is 89.5 Å². The van der Waals surface area contributed by atoms with Crippen LogP contribution in [0.25, 0.3) is 11.1 Å². The molecule has 0 fully saturated rings. The number of benzene rings is 3. The van der Waals surface area contributed by atoms with E-state index in [0.717, 1.165) is 17.7 Å². The van der Waals surface area contributed by atoms with E-state index in [-0.39, 0.29) is 11.5 Å². The summed E-state index contributed by atoms with van der Waals surface area (Å²) in [5.74, 6) is 0.889. The summed E-state index contributed by atoms with van der Waals surface area (Å²) in [6.07, 6.45) is 0.796. The SMILES string of the molecule is CC(C)CC(Oc1ccc(-c2ccc(C(C)(C)C)cc2)cc1)c1ccc(C(N)=O)cc1. The van der Waals surface area contributed by atoms with E-state index in [9.17, 15) is 4.79 Å². The molecular weight excluding hydrogens is 382 g/mol. The molecule has 3 heteroatoms. The van der Waals surface area contributed by atoms with E-state index in [4.69, 9.17) is 10.5 Å². The average molecular weight is 416 g/mol. The fourth-order valence-corrected chi connectivity index (χ4v) is 3.60. The van der Waals surface area contributed by atoms with Crippen LogP contribution >= 0.6 is 0 Å². The maximum absolute atomic E-state index is 11.4. The lowest BCUT2D eigenvalue weighted by Crippen LogP contribution is -2.13. The van der Waals surface area contributed by atoms with Gasteiger partial charge in [-0.3, -0.25) is 4.79 Å². The molecule has 162 valence electrons. The fourth-order valence-electron chi connectivity index (χ4n) is 3.60. The topological polar surface area (TPSA) is 52.3 Å². The van der Waals surface area contributed by atoms with Crippen molar-refractivity contribution in [2.45, 2.75) is 52.6 Å². The predicted octanol–water partition coefficient (Wildman–Crippen LogP) is 6.92. The van der Waals surface area contributed by atoms with Crippen molar-refractivity contribution in [2.24, 2.45) is 11.7 Å². The summed E-state index contributed by atoms with van der Waals surface area (Å²) in [5.41, 5.74) is 10.8. The molecule has 0 spiro atoms. The molecule has 3 aromatic rings. The van der Waals surface area contributed by atoms with Crippen molar-refractivity contribution in [1.29, 1.82) is 0 Å². The Morgan fingerprint density at radius 3 is 1.81 bits per heavy atom. The van der Waals surface area contributed by atoms with Crippen LogP contribution in [0.1, 0.15) is 68.6 Å². The zero-order valence-electron chi connectivity index (χ0n) is 19.2. The Morgan fingerprint density at radius 1 is 0.839 bits per heavy atom. The standard InChI is InChI=1S/C28H33NO2/c1-19(2)18-26(22-6-8-23(9-7-22)27(29)30)31-25-16-12-21(13-17-25)20-10-14-24(15-11-20)28(3,4)5/h6-17,19,26H,18H2,1-5H3,(H2,29,30). The van der Waals surface area contributed by atoms with Gasteiger partial charge in [-0.05, 0) is 64.3 Å². The van der Waals surface area contributed by atoms with Gasteiger partial charge in [0.25, 0.3) is 0 Å². The van der Waals surface area contributed by atoms with E-state index in [1.54, 1.807) is 12.1 Å². The smallest absolute Gasteiger partial charge is 0.248 e. The Kier molecular flexibility index (Phi) is 6.84. The number of hydrogen-bond acceptors (Lipinski definition) is 2. The highest BCUT2D eigenvalue weighted by Crippen LogP contribution is 2.31. The monoisotopic (exact) mass is 415 g/mol. The first-order chi connectivity index (χ1) is 14.6. The van der Waals surface area contributed by atoms with Gasteiger partial charge < -0.3 is 10.5 Å². The Hall–Kier alpha value is -3.07. The molecule has 2 N–H and O–H groups in total. The van der Waals surface area contributed by atoms with Gasteiger partial charge in [-0.1, -0.05) is 83.1 Å². The second-order valence-corrected chi connectivity index (χ2v) is 9.57. The molecule has 0 aliphatic carbocycles. The zero-order valence-corrected chi connectivity index (χ0v) is 19.2. The number of nitrogens with two attached hydrogens (primary N) is 1. The molecule has 3 aromatic carbocycles. The van der Waals surface area contributed by atoms with Crippen molar-refractivity contribution in [3.63, 3.8) is 0 Å². The second-order valence-electron chi connectivity index (χ2n) is 9.57. The van der Waals surface area contributed by atoms with Gasteiger partial charge in [-0.15, -0.1) is 0 Å². The number of carbonyl (C=O) groups is 1. The summed E-state index contributed by atoms with van der Waals surface area (Å²) in [4.78, 5) is 11.4. The van der Waals surface area contributed by atoms with E-state index >= 15 is 0 Å². The Bertz CT molecular complexity index is 995. The second kappa shape index (κ2) is 9.38. The molecule has 0 radical (unpaired) electrons. The molecule has 1 unspecified atom stereocenters. The Balaban J connectivity index is 1.77. The largest absolute Gasteiger partial charge is 0.486 e. The van der Waals surface area contributed by atoms with Gasteiger partial charge >= 0.3 is 0 Å². The predicted molar refractivity (Wildman–Crippen MR) is 128 cm³/mol. The molecule has 0 bridgehead atoms. The Morgan fingerprint density at radius 2 is 1.35 bits per heavy atom. The van der Waals surface area contributed by atoms with Gasteiger partial charge in [0.2, 0.25) is 5.91 Å². The van der Waals surface area contributed by atoms with E-state index in [2.05, 4.69) is 71.0 Å². The van der Waals surface area contributed by atoms with Crippen molar-refractivity contribution in [3.8, 4) is 16.9 Å². The van der Waals surface area contributed by atoms with Gasteiger partial charge in [-0.2, -0.15) is 0 Å². The van der Waals surface area contributed by atoms with Crippen molar-refractivity contribution >= 4 is 5.91 Å². The molecule has 0 aliphatic rings. The van der Waals surface area contributed by atoms with E-state index in [1.165, 1.54) is 16.7 Å². The van der Waals surface area contributed by atoms with Gasteiger partial charge in [0.05, 0.1) is 0 Å². The first kappa shape index (κ1) is 22.6. The summed E-state index contributed by atoms with van der Waals surface area (Å²) in [7, 11) is 0. The zero-order chi connectivity index (χ0) is 22.6. The highest BCUT2D eigenvalue weighted by atomic mass is 16.5. The number of carbonyl (C=O) groups excluding carboxylic acids is 1. The lowest BCUT2D eigenvalue weighted by atomic mass is 9.86. The highest BCUT2D eigenvalue weighted by Gasteiger charge is 2.17. The third kappa shape index (κ3) is 5.97. The molecule has 31 heavy (non-hydrogen) atoms. The summed E-state index contributed by atoms with van der Waals surface area (Å²) in [6.45, 7) is 11.0. The first-order valence-corrected chi connectivity index (χ1v) is 10.9. The quantitative estimate of drug-likeness (QED) is 0.455. The molecule has 1 atom stereocenters. The highest BCUT2D eigenvalue weighted by molar-refractivity contribution is 5.92. The summed E-state index contributed by atoms with van der Waals surface area (Å²) in [6, 6.07) is 24.4. The van der Waals surface area contributed by atoms with Crippen LogP contribution in [-0.2, 0) is 5.41 Å². The minimum Gasteiger partial charge on any atom is -0.486 e. The molecule has 0 saturated carbocycles. The van der Waals surface area contributed by atoms with Crippen LogP contribution in [0.3, 0.4) is 0 Å². The minimum atomic E-state index is -0.418. The van der Waals surface area contributed by atoms with Gasteiger partial charge in [-0.25, -0.2) is 0 Å². The third-order valence-electron chi connectivity index (χ3n) is 5.47. The van der Waals surface area contributed by atoms with Crippen LogP contribution in [0.15, 0.2) is 72.8 Å². The number of ether oxygens (including phenoxy) is 1. The van der Waals surface area contributed by atoms with E-state index in [1.807, 2.05) is 24.3 Å². The number of rotatable bonds is 7. The maximum Gasteiger partial charge on any atom is 0.248 e. The average Bonchev–Trinajstić information content (AvgIpc) is 2.73. The van der Waals surface area contributed by atoms with Crippen molar-refractivity contribution in [1.82, 2.24) is 0 Å². The molecule has 3 nitrogen and oxygen atoms in total. The molecular formula is C28H33NO2. The van der Waals surface area contributed by atoms with Crippen molar-refractivity contribution in [2.75, 3.05) is 0 Å². The van der Waals surface area contributed by atoms with Crippen LogP contribution in [0, 0.1) is 5.92 Å². The lowest BCUT2D eigenvalue weighted by molar-refractivity contribution is 0.1000. The summed E-state index contributed by atoms with van der Waals surface area (Å²) < 4.78 is 6.35. The van der Waals surface area contributed by atoms with Crippen LogP contribution in [0.5, 0.6) is 5.75 Å². The molecule has 3 rings (SSSR count). The van der Waals surface area contributed by atoms with Gasteiger partial charge in [0.15, 0.2) is 0 Å². The van der Waals surface area contributed by atoms with Crippen molar-refractivity contribution < 1.29 is 9.53 Å². The van der Waals surface area contributed by atoms with Crippen LogP contribution in [-0.4, -0.2) is 5.91 Å². The summed E-state index contributed by atoms with van der Waals surface area (Å²) >= 11 is 0. The molecule has 0 saturated heterocycles. The fraction of sp³-hybridized carbons (Fsp3) is 0.321. The minimum absolute atomic E-state index is 0.0844. The van der Waals surface area contributed by atoms with Crippen LogP contribution in [0.4, 0.5) is 0 Å². The third-order valence-corrected chi connectivity index (χ3v) is 5.47. The molecule has 0 aliphatic heterocycles. The first-order valence-electron chi connectivity index (χ1n) is 10.9. The van der Waals surface area contributed by atoms with Gasteiger partial charge in [0, 0.05) is 5.56 Å². The van der Waals surface area contributed by atoms with Crippen LogP contribution < -0.4 is 10.5 Å². The Labute approximate surface area is 186 Å². The number of primary amides is 1. The van der Waals surface area contributed by atoms with Crippen LogP contribution in [0.2, 0.25) is 0 Å². The number of hydrogen-bond donors (Lipinski definition) is 1.